The third kappa shape index (κ3) is 3.72. The lowest BCUT2D eigenvalue weighted by molar-refractivity contribution is -0.385. The molecule has 1 heterocycles. The summed E-state index contributed by atoms with van der Waals surface area (Å²) in [7, 11) is 3.01. The van der Waals surface area contributed by atoms with E-state index in [4.69, 9.17) is 9.47 Å². The van der Waals surface area contributed by atoms with Crippen molar-refractivity contribution in [1.82, 2.24) is 9.78 Å². The van der Waals surface area contributed by atoms with Crippen molar-refractivity contribution in [2.75, 3.05) is 19.5 Å². The Labute approximate surface area is 125 Å². The first-order valence-corrected chi connectivity index (χ1v) is 6.21. The van der Waals surface area contributed by atoms with E-state index in [9.17, 15) is 14.9 Å². The Morgan fingerprint density at radius 3 is 2.45 bits per heavy atom. The molecule has 0 aliphatic carbocycles. The van der Waals surface area contributed by atoms with Crippen molar-refractivity contribution in [2.24, 2.45) is 0 Å². The van der Waals surface area contributed by atoms with Gasteiger partial charge in [-0.1, -0.05) is 0 Å². The van der Waals surface area contributed by atoms with E-state index in [1.807, 2.05) is 0 Å². The smallest absolute Gasteiger partial charge is 0.307 e. The van der Waals surface area contributed by atoms with Crippen molar-refractivity contribution < 1.29 is 19.2 Å². The van der Waals surface area contributed by atoms with Crippen LogP contribution in [0.15, 0.2) is 30.6 Å². The van der Waals surface area contributed by atoms with Gasteiger partial charge in [-0.15, -0.1) is 0 Å². The molecule has 0 fully saturated rings. The number of ether oxygens (including phenoxy) is 2. The van der Waals surface area contributed by atoms with Gasteiger partial charge in [0.1, 0.15) is 30.4 Å². The van der Waals surface area contributed by atoms with Crippen LogP contribution in [-0.4, -0.2) is 34.8 Å². The quantitative estimate of drug-likeness (QED) is 0.639. The van der Waals surface area contributed by atoms with E-state index in [1.54, 1.807) is 18.2 Å². The Balaban J connectivity index is 2.06. The van der Waals surface area contributed by atoms with E-state index in [2.05, 4.69) is 10.4 Å². The monoisotopic (exact) mass is 306 g/mol. The zero-order valence-corrected chi connectivity index (χ0v) is 12.0. The molecule has 0 aliphatic heterocycles. The van der Waals surface area contributed by atoms with Gasteiger partial charge in [0, 0.05) is 23.9 Å². The SMILES string of the molecule is COc1cc(NC(=O)Cn2cc([N+](=O)[O-])cn2)cc(OC)c1. The van der Waals surface area contributed by atoms with Crippen molar-refractivity contribution in [3.63, 3.8) is 0 Å². The molecule has 116 valence electrons. The van der Waals surface area contributed by atoms with Gasteiger partial charge in [0.15, 0.2) is 0 Å². The summed E-state index contributed by atoms with van der Waals surface area (Å²) in [4.78, 5) is 21.9. The fraction of sp³-hybridized carbons (Fsp3) is 0.231. The number of nitrogens with zero attached hydrogens (tertiary/aromatic N) is 3. The van der Waals surface area contributed by atoms with Crippen molar-refractivity contribution >= 4 is 17.3 Å². The summed E-state index contributed by atoms with van der Waals surface area (Å²) in [5.41, 5.74) is 0.318. The average molecular weight is 306 g/mol. The van der Waals surface area contributed by atoms with Gasteiger partial charge in [-0.3, -0.25) is 19.6 Å². The summed E-state index contributed by atoms with van der Waals surface area (Å²) >= 11 is 0. The second-order valence-electron chi connectivity index (χ2n) is 4.30. The number of benzene rings is 1. The highest BCUT2D eigenvalue weighted by molar-refractivity contribution is 5.91. The second-order valence-corrected chi connectivity index (χ2v) is 4.30. The first kappa shape index (κ1) is 15.3. The molecule has 2 rings (SSSR count). The van der Waals surface area contributed by atoms with Crippen molar-refractivity contribution in [1.29, 1.82) is 0 Å². The molecule has 0 unspecified atom stereocenters. The largest absolute Gasteiger partial charge is 0.497 e. The van der Waals surface area contributed by atoms with Gasteiger partial charge in [-0.05, 0) is 0 Å². The average Bonchev–Trinajstić information content (AvgIpc) is 2.95. The predicted molar refractivity (Wildman–Crippen MR) is 77.1 cm³/mol. The van der Waals surface area contributed by atoms with Gasteiger partial charge >= 0.3 is 5.69 Å². The van der Waals surface area contributed by atoms with Gasteiger partial charge in [0.05, 0.1) is 19.1 Å². The molecule has 2 aromatic rings. The van der Waals surface area contributed by atoms with Crippen molar-refractivity contribution in [3.05, 3.63) is 40.7 Å². The van der Waals surface area contributed by atoms with E-state index in [0.29, 0.717) is 17.2 Å². The molecular formula is C13H14N4O5. The Morgan fingerprint density at radius 1 is 1.32 bits per heavy atom. The van der Waals surface area contributed by atoms with Crippen LogP contribution in [0, 0.1) is 10.1 Å². The minimum absolute atomic E-state index is 0.145. The normalized spacial score (nSPS) is 10.1. The maximum absolute atomic E-state index is 11.9. The highest BCUT2D eigenvalue weighted by atomic mass is 16.6. The number of nitrogens with one attached hydrogen (secondary N) is 1. The summed E-state index contributed by atoms with van der Waals surface area (Å²) in [6.45, 7) is -0.145. The summed E-state index contributed by atoms with van der Waals surface area (Å²) in [6, 6.07) is 4.93. The molecule has 1 aromatic heterocycles. The molecule has 22 heavy (non-hydrogen) atoms. The number of methoxy groups -OCH3 is 2. The highest BCUT2D eigenvalue weighted by Gasteiger charge is 2.12. The molecule has 0 bridgehead atoms. The lowest BCUT2D eigenvalue weighted by Gasteiger charge is -2.09. The Kier molecular flexibility index (Phi) is 4.57. The number of anilines is 1. The van der Waals surface area contributed by atoms with Crippen LogP contribution in [0.5, 0.6) is 11.5 Å². The van der Waals surface area contributed by atoms with Crippen LogP contribution >= 0.6 is 0 Å². The summed E-state index contributed by atoms with van der Waals surface area (Å²) < 4.78 is 11.4. The van der Waals surface area contributed by atoms with Crippen molar-refractivity contribution in [2.45, 2.75) is 6.54 Å². The molecule has 1 N–H and O–H groups in total. The number of carbonyl (C=O) groups excluding carboxylic acids is 1. The van der Waals surface area contributed by atoms with E-state index in [1.165, 1.54) is 25.1 Å². The molecule has 0 spiro atoms. The standard InChI is InChI=1S/C13H14N4O5/c1-21-11-3-9(4-12(5-11)22-2)15-13(18)8-16-7-10(6-14-16)17(19)20/h3-7H,8H2,1-2H3,(H,15,18). The van der Waals surface area contributed by atoms with Gasteiger partial charge in [-0.25, -0.2) is 0 Å². The van der Waals surface area contributed by atoms with Crippen LogP contribution < -0.4 is 14.8 Å². The zero-order valence-electron chi connectivity index (χ0n) is 12.0. The topological polar surface area (TPSA) is 109 Å². The molecule has 9 heteroatoms. The lowest BCUT2D eigenvalue weighted by atomic mass is 10.2. The number of hydrogen-bond donors (Lipinski definition) is 1. The molecule has 1 aromatic carbocycles. The summed E-state index contributed by atoms with van der Waals surface area (Å²) in [5.74, 6) is 0.682. The molecule has 0 aliphatic rings. The molecule has 0 atom stereocenters. The van der Waals surface area contributed by atoms with Crippen LogP contribution in [0.3, 0.4) is 0 Å². The summed E-state index contributed by atoms with van der Waals surface area (Å²) in [6.07, 6.45) is 2.27. The molecule has 0 radical (unpaired) electrons. The number of nitro groups is 1. The van der Waals surface area contributed by atoms with E-state index >= 15 is 0 Å². The second kappa shape index (κ2) is 6.57. The summed E-state index contributed by atoms with van der Waals surface area (Å²) in [5, 5.41) is 17.0. The number of rotatable bonds is 6. The molecule has 0 saturated heterocycles. The number of amides is 1. The first-order chi connectivity index (χ1) is 10.5. The van der Waals surface area contributed by atoms with Gasteiger partial charge in [0.25, 0.3) is 0 Å². The first-order valence-electron chi connectivity index (χ1n) is 6.21. The maximum Gasteiger partial charge on any atom is 0.307 e. The number of aromatic nitrogens is 2. The van der Waals surface area contributed by atoms with Gasteiger partial charge in [0.2, 0.25) is 5.91 Å². The maximum atomic E-state index is 11.9. The third-order valence-electron chi connectivity index (χ3n) is 2.77. The number of carbonyl (C=O) groups is 1. The van der Waals surface area contributed by atoms with Crippen LogP contribution in [0.1, 0.15) is 0 Å². The Morgan fingerprint density at radius 2 is 1.95 bits per heavy atom. The fourth-order valence-corrected chi connectivity index (χ4v) is 1.76. The molecule has 0 saturated carbocycles. The third-order valence-corrected chi connectivity index (χ3v) is 2.77. The Bertz CT molecular complexity index is 675. The number of hydrogen-bond acceptors (Lipinski definition) is 6. The van der Waals surface area contributed by atoms with Gasteiger partial charge in [-0.2, -0.15) is 5.10 Å². The van der Waals surface area contributed by atoms with E-state index < -0.39 is 4.92 Å². The van der Waals surface area contributed by atoms with E-state index in [-0.39, 0.29) is 18.1 Å². The minimum atomic E-state index is -0.575. The minimum Gasteiger partial charge on any atom is -0.497 e. The highest BCUT2D eigenvalue weighted by Crippen LogP contribution is 2.25. The fourth-order valence-electron chi connectivity index (χ4n) is 1.76. The van der Waals surface area contributed by atoms with Crippen LogP contribution in [0.4, 0.5) is 11.4 Å². The van der Waals surface area contributed by atoms with Crippen molar-refractivity contribution in [3.8, 4) is 11.5 Å². The zero-order chi connectivity index (χ0) is 16.1. The molecular weight excluding hydrogens is 292 g/mol. The van der Waals surface area contributed by atoms with E-state index in [0.717, 1.165) is 6.20 Å². The lowest BCUT2D eigenvalue weighted by Crippen LogP contribution is -2.19. The Hall–Kier alpha value is -3.10. The molecule has 9 nitrogen and oxygen atoms in total. The van der Waals surface area contributed by atoms with Crippen LogP contribution in [-0.2, 0) is 11.3 Å². The van der Waals surface area contributed by atoms with Crippen LogP contribution in [0.2, 0.25) is 0 Å². The molecule has 1 amide bonds. The van der Waals surface area contributed by atoms with Crippen LogP contribution in [0.25, 0.3) is 0 Å². The predicted octanol–water partition coefficient (Wildman–Crippen LogP) is 1.45. The van der Waals surface area contributed by atoms with Gasteiger partial charge < -0.3 is 14.8 Å².